The molecule has 0 aliphatic heterocycles. The second-order valence-electron chi connectivity index (χ2n) is 5.88. The Kier molecular flexibility index (Phi) is 4.05. The summed E-state index contributed by atoms with van der Waals surface area (Å²) in [4.78, 5) is 13.8. The van der Waals surface area contributed by atoms with Gasteiger partial charge in [0.15, 0.2) is 0 Å². The Labute approximate surface area is 147 Å². The van der Waals surface area contributed by atoms with Crippen molar-refractivity contribution >= 4 is 0 Å². The molecule has 0 N–H and O–H groups in total. The molecule has 0 fully saturated rings. The molecule has 0 saturated carbocycles. The molecular weight excluding hydrogens is 306 g/mol. The van der Waals surface area contributed by atoms with Crippen molar-refractivity contribution in [2.75, 3.05) is 0 Å². The normalized spacial score (nSPS) is 10.6. The highest BCUT2D eigenvalue weighted by Gasteiger charge is 2.15. The first-order valence-electron chi connectivity index (χ1n) is 8.22. The molecule has 0 saturated heterocycles. The van der Waals surface area contributed by atoms with Gasteiger partial charge in [0.05, 0.1) is 17.1 Å². The average Bonchev–Trinajstić information content (AvgIpc) is 2.69. The van der Waals surface area contributed by atoms with Crippen LogP contribution in [-0.4, -0.2) is 15.0 Å². The molecule has 0 unspecified atom stereocenters. The summed E-state index contributed by atoms with van der Waals surface area (Å²) in [7, 11) is 0. The van der Waals surface area contributed by atoms with Gasteiger partial charge in [0.2, 0.25) is 0 Å². The fourth-order valence-corrected chi connectivity index (χ4v) is 2.94. The van der Waals surface area contributed by atoms with Crippen LogP contribution in [0, 0.1) is 6.92 Å². The van der Waals surface area contributed by atoms with Crippen molar-refractivity contribution in [2.45, 2.75) is 6.92 Å². The van der Waals surface area contributed by atoms with Crippen LogP contribution in [0.1, 0.15) is 5.56 Å². The lowest BCUT2D eigenvalue weighted by molar-refractivity contribution is 1.22. The molecule has 4 aromatic rings. The number of aromatic nitrogens is 3. The Morgan fingerprint density at radius 2 is 1.32 bits per heavy atom. The third-order valence-electron chi connectivity index (χ3n) is 4.11. The summed E-state index contributed by atoms with van der Waals surface area (Å²) in [5.41, 5.74) is 7.00. The van der Waals surface area contributed by atoms with Gasteiger partial charge in [-0.3, -0.25) is 15.0 Å². The van der Waals surface area contributed by atoms with Crippen LogP contribution in [0.4, 0.5) is 0 Å². The molecule has 3 heteroatoms. The molecule has 0 aliphatic rings. The summed E-state index contributed by atoms with van der Waals surface area (Å²) >= 11 is 0. The number of aryl methyl sites for hydroxylation is 1. The van der Waals surface area contributed by atoms with E-state index in [9.17, 15) is 0 Å². The van der Waals surface area contributed by atoms with E-state index in [1.165, 1.54) is 0 Å². The van der Waals surface area contributed by atoms with Crippen LogP contribution in [0.15, 0.2) is 85.3 Å². The Balaban J connectivity index is 1.93. The highest BCUT2D eigenvalue weighted by molar-refractivity contribution is 5.87. The van der Waals surface area contributed by atoms with E-state index in [0.717, 1.165) is 39.3 Å². The number of rotatable bonds is 3. The first-order chi connectivity index (χ1) is 12.3. The second-order valence-corrected chi connectivity index (χ2v) is 5.88. The Hall–Kier alpha value is -3.33. The third-order valence-corrected chi connectivity index (χ3v) is 4.11. The minimum Gasteiger partial charge on any atom is -0.256 e. The van der Waals surface area contributed by atoms with Crippen LogP contribution >= 0.6 is 0 Å². The van der Waals surface area contributed by atoms with Crippen molar-refractivity contribution in [1.82, 2.24) is 15.0 Å². The van der Waals surface area contributed by atoms with E-state index in [4.69, 9.17) is 0 Å². The van der Waals surface area contributed by atoms with Gasteiger partial charge in [0, 0.05) is 29.7 Å². The number of hydrogen-bond acceptors (Lipinski definition) is 3. The highest BCUT2D eigenvalue weighted by atomic mass is 14.8. The molecule has 0 radical (unpaired) electrons. The first kappa shape index (κ1) is 15.2. The van der Waals surface area contributed by atoms with E-state index in [-0.39, 0.29) is 0 Å². The summed E-state index contributed by atoms with van der Waals surface area (Å²) in [6.07, 6.45) is 5.44. The maximum atomic E-state index is 4.67. The van der Waals surface area contributed by atoms with Crippen LogP contribution in [-0.2, 0) is 0 Å². The number of hydrogen-bond donors (Lipinski definition) is 0. The number of pyridine rings is 3. The molecule has 0 spiro atoms. The van der Waals surface area contributed by atoms with Gasteiger partial charge in [-0.15, -0.1) is 0 Å². The fraction of sp³-hybridized carbons (Fsp3) is 0.0455. The van der Waals surface area contributed by atoms with Crippen LogP contribution in [0.2, 0.25) is 0 Å². The summed E-state index contributed by atoms with van der Waals surface area (Å²) in [6.45, 7) is 2.06. The highest BCUT2D eigenvalue weighted by Crippen LogP contribution is 2.34. The number of benzene rings is 1. The van der Waals surface area contributed by atoms with Gasteiger partial charge in [-0.2, -0.15) is 0 Å². The summed E-state index contributed by atoms with van der Waals surface area (Å²) < 4.78 is 0. The van der Waals surface area contributed by atoms with Crippen molar-refractivity contribution < 1.29 is 0 Å². The Morgan fingerprint density at radius 1 is 0.600 bits per heavy atom. The molecule has 25 heavy (non-hydrogen) atoms. The van der Waals surface area contributed by atoms with E-state index < -0.39 is 0 Å². The Bertz CT molecular complexity index is 1010. The average molecular weight is 323 g/mol. The van der Waals surface area contributed by atoms with Gasteiger partial charge < -0.3 is 0 Å². The van der Waals surface area contributed by atoms with Crippen molar-refractivity contribution in [2.24, 2.45) is 0 Å². The fourth-order valence-electron chi connectivity index (χ4n) is 2.94. The minimum atomic E-state index is 0.849. The van der Waals surface area contributed by atoms with E-state index in [0.29, 0.717) is 0 Å². The molecule has 3 nitrogen and oxygen atoms in total. The Morgan fingerprint density at radius 3 is 2.08 bits per heavy atom. The monoisotopic (exact) mass is 323 g/mol. The summed E-state index contributed by atoms with van der Waals surface area (Å²) in [6, 6.07) is 22.4. The van der Waals surface area contributed by atoms with Crippen LogP contribution < -0.4 is 0 Å². The van der Waals surface area contributed by atoms with Crippen molar-refractivity contribution in [3.05, 3.63) is 90.9 Å². The van der Waals surface area contributed by atoms with E-state index in [1.807, 2.05) is 48.8 Å². The summed E-state index contributed by atoms with van der Waals surface area (Å²) in [5, 5.41) is 0. The first-order valence-corrected chi connectivity index (χ1v) is 8.22. The molecule has 0 bridgehead atoms. The van der Waals surface area contributed by atoms with Gasteiger partial charge in [0.1, 0.15) is 0 Å². The van der Waals surface area contributed by atoms with Crippen LogP contribution in [0.25, 0.3) is 33.8 Å². The van der Waals surface area contributed by atoms with Crippen molar-refractivity contribution in [1.29, 1.82) is 0 Å². The SMILES string of the molecule is Cc1ccnc(-c2ncccc2-c2ncccc2-c2ccccc2)c1. The lowest BCUT2D eigenvalue weighted by atomic mass is 9.97. The smallest absolute Gasteiger partial charge is 0.0980 e. The lowest BCUT2D eigenvalue weighted by Gasteiger charge is -2.12. The quantitative estimate of drug-likeness (QED) is 0.521. The molecule has 0 aliphatic carbocycles. The maximum absolute atomic E-state index is 4.67. The molecule has 120 valence electrons. The largest absolute Gasteiger partial charge is 0.256 e. The molecule has 3 heterocycles. The van der Waals surface area contributed by atoms with E-state index in [1.54, 1.807) is 6.20 Å². The second kappa shape index (κ2) is 6.65. The topological polar surface area (TPSA) is 38.7 Å². The van der Waals surface area contributed by atoms with Crippen LogP contribution in [0.5, 0.6) is 0 Å². The zero-order valence-electron chi connectivity index (χ0n) is 13.9. The van der Waals surface area contributed by atoms with Gasteiger partial charge >= 0.3 is 0 Å². The molecule has 0 amide bonds. The van der Waals surface area contributed by atoms with Crippen molar-refractivity contribution in [3.63, 3.8) is 0 Å². The molecule has 3 aromatic heterocycles. The predicted molar refractivity (Wildman–Crippen MR) is 101 cm³/mol. The molecule has 4 rings (SSSR count). The van der Waals surface area contributed by atoms with Crippen molar-refractivity contribution in [3.8, 4) is 33.8 Å². The lowest BCUT2D eigenvalue weighted by Crippen LogP contribution is -1.95. The van der Waals surface area contributed by atoms with Gasteiger partial charge in [0.25, 0.3) is 0 Å². The van der Waals surface area contributed by atoms with E-state index >= 15 is 0 Å². The maximum Gasteiger partial charge on any atom is 0.0980 e. The zero-order valence-corrected chi connectivity index (χ0v) is 13.9. The molecule has 1 aromatic carbocycles. The third kappa shape index (κ3) is 3.04. The summed E-state index contributed by atoms with van der Waals surface area (Å²) in [5.74, 6) is 0. The van der Waals surface area contributed by atoms with Crippen LogP contribution in [0.3, 0.4) is 0 Å². The zero-order chi connectivity index (χ0) is 17.1. The molecule has 0 atom stereocenters. The standard InChI is InChI=1S/C22H17N3/c1-16-11-14-23-20(15-16)22-19(10-6-13-25-22)21-18(9-5-12-24-21)17-7-3-2-4-8-17/h2-15H,1H3. The van der Waals surface area contributed by atoms with E-state index in [2.05, 4.69) is 52.2 Å². The van der Waals surface area contributed by atoms with Gasteiger partial charge in [-0.1, -0.05) is 36.4 Å². The predicted octanol–water partition coefficient (Wildman–Crippen LogP) is 5.18. The van der Waals surface area contributed by atoms with Gasteiger partial charge in [-0.25, -0.2) is 0 Å². The van der Waals surface area contributed by atoms with Gasteiger partial charge in [-0.05, 0) is 48.4 Å². The number of nitrogens with zero attached hydrogens (tertiary/aromatic N) is 3. The molecular formula is C22H17N3. The minimum absolute atomic E-state index is 0.849.